The number of benzene rings is 2. The average molecular weight is 455 g/mol. The van der Waals surface area contributed by atoms with Gasteiger partial charge in [0.25, 0.3) is 0 Å². The molecule has 6 nitrogen and oxygen atoms in total. The number of hydrogen-bond donors (Lipinski definition) is 1. The number of hydrogen-bond acceptors (Lipinski definition) is 3. The summed E-state index contributed by atoms with van der Waals surface area (Å²) in [5.41, 5.74) is 2.73. The standard InChI is InChI=1S/C23H20Cl2N4O2/c1-15(30)28-12-10-16-5-2-3-7-18(16)20(28)13-22(31)27-21-9-11-26-29(21)14-17-6-4-8-19(24)23(17)25/h2-12,20H,13-14H2,1H3,(H,27,31)/t20-/m1/s1. The van der Waals surface area contributed by atoms with Crippen LogP contribution < -0.4 is 5.32 Å². The lowest BCUT2D eigenvalue weighted by Crippen LogP contribution is -2.33. The molecule has 0 saturated carbocycles. The molecule has 8 heteroatoms. The Morgan fingerprint density at radius 1 is 1.10 bits per heavy atom. The molecule has 2 heterocycles. The Bertz CT molecular complexity index is 1170. The van der Waals surface area contributed by atoms with E-state index in [1.165, 1.54) is 6.92 Å². The van der Waals surface area contributed by atoms with Crippen LogP contribution in [0.2, 0.25) is 10.0 Å². The minimum atomic E-state index is -0.377. The Morgan fingerprint density at radius 3 is 2.71 bits per heavy atom. The summed E-state index contributed by atoms with van der Waals surface area (Å²) in [4.78, 5) is 26.6. The summed E-state index contributed by atoms with van der Waals surface area (Å²) in [6.07, 6.45) is 5.33. The third-order valence-corrected chi connectivity index (χ3v) is 6.04. The highest BCUT2D eigenvalue weighted by Gasteiger charge is 2.28. The summed E-state index contributed by atoms with van der Waals surface area (Å²) in [7, 11) is 0. The molecule has 31 heavy (non-hydrogen) atoms. The van der Waals surface area contributed by atoms with E-state index in [0.29, 0.717) is 22.4 Å². The van der Waals surface area contributed by atoms with Gasteiger partial charge in [0, 0.05) is 19.2 Å². The molecule has 1 aliphatic heterocycles. The van der Waals surface area contributed by atoms with Crippen LogP contribution in [0.15, 0.2) is 60.9 Å². The molecule has 3 aromatic rings. The molecular weight excluding hydrogens is 435 g/mol. The molecule has 0 aliphatic carbocycles. The number of halogens is 2. The first-order valence-electron chi connectivity index (χ1n) is 9.74. The fourth-order valence-electron chi connectivity index (χ4n) is 3.68. The summed E-state index contributed by atoms with van der Waals surface area (Å²) in [5, 5.41) is 8.11. The topological polar surface area (TPSA) is 67.2 Å². The maximum Gasteiger partial charge on any atom is 0.227 e. The number of carbonyl (C=O) groups is 2. The Labute approximate surface area is 190 Å². The number of carbonyl (C=O) groups excluding carboxylic acids is 2. The van der Waals surface area contributed by atoms with E-state index < -0.39 is 0 Å². The van der Waals surface area contributed by atoms with Crippen molar-refractivity contribution in [2.24, 2.45) is 0 Å². The molecule has 2 aromatic carbocycles. The summed E-state index contributed by atoms with van der Waals surface area (Å²) >= 11 is 12.4. The van der Waals surface area contributed by atoms with Gasteiger partial charge in [-0.2, -0.15) is 5.10 Å². The molecule has 158 valence electrons. The lowest BCUT2D eigenvalue weighted by Gasteiger charge is -2.32. The number of aromatic nitrogens is 2. The van der Waals surface area contributed by atoms with Crippen molar-refractivity contribution in [3.63, 3.8) is 0 Å². The molecule has 1 aliphatic rings. The maximum atomic E-state index is 12.9. The van der Waals surface area contributed by atoms with E-state index in [4.69, 9.17) is 23.2 Å². The number of nitrogens with one attached hydrogen (secondary N) is 1. The minimum Gasteiger partial charge on any atom is -0.311 e. The van der Waals surface area contributed by atoms with Gasteiger partial charge in [0.1, 0.15) is 5.82 Å². The number of amides is 2. The molecule has 0 unspecified atom stereocenters. The van der Waals surface area contributed by atoms with Gasteiger partial charge in [-0.05, 0) is 28.8 Å². The van der Waals surface area contributed by atoms with Gasteiger partial charge < -0.3 is 10.2 Å². The summed E-state index contributed by atoms with van der Waals surface area (Å²) < 4.78 is 1.65. The smallest absolute Gasteiger partial charge is 0.227 e. The minimum absolute atomic E-state index is 0.115. The van der Waals surface area contributed by atoms with Crippen molar-refractivity contribution in [1.29, 1.82) is 0 Å². The first-order valence-corrected chi connectivity index (χ1v) is 10.5. The summed E-state index contributed by atoms with van der Waals surface area (Å²) in [6, 6.07) is 14.5. The fraction of sp³-hybridized carbons (Fsp3) is 0.174. The molecule has 0 radical (unpaired) electrons. The quantitative estimate of drug-likeness (QED) is 0.579. The van der Waals surface area contributed by atoms with Gasteiger partial charge in [-0.1, -0.05) is 59.6 Å². The average Bonchev–Trinajstić information content (AvgIpc) is 3.17. The molecule has 0 spiro atoms. The van der Waals surface area contributed by atoms with E-state index in [0.717, 1.165) is 16.7 Å². The zero-order valence-corrected chi connectivity index (χ0v) is 18.3. The maximum absolute atomic E-state index is 12.9. The lowest BCUT2D eigenvalue weighted by molar-refractivity contribution is -0.129. The first-order chi connectivity index (χ1) is 14.9. The second kappa shape index (κ2) is 8.96. The van der Waals surface area contributed by atoms with Crippen LogP contribution in [0.25, 0.3) is 6.08 Å². The van der Waals surface area contributed by atoms with Gasteiger partial charge in [0.2, 0.25) is 11.8 Å². The Morgan fingerprint density at radius 2 is 1.90 bits per heavy atom. The van der Waals surface area contributed by atoms with Crippen LogP contribution in [0.3, 0.4) is 0 Å². The molecule has 0 fully saturated rings. The summed E-state index contributed by atoms with van der Waals surface area (Å²) in [5.74, 6) is 0.194. The zero-order valence-electron chi connectivity index (χ0n) is 16.8. The predicted octanol–water partition coefficient (Wildman–Crippen LogP) is 5.14. The summed E-state index contributed by atoms with van der Waals surface area (Å²) in [6.45, 7) is 1.85. The molecule has 2 amide bonds. The second-order valence-corrected chi connectivity index (χ2v) is 8.01. The molecular formula is C23H20Cl2N4O2. The lowest BCUT2D eigenvalue weighted by atomic mass is 9.93. The van der Waals surface area contributed by atoms with Crippen molar-refractivity contribution in [2.75, 3.05) is 5.32 Å². The van der Waals surface area contributed by atoms with Crippen LogP contribution in [0.1, 0.15) is 36.1 Å². The van der Waals surface area contributed by atoms with Crippen molar-refractivity contribution >= 4 is 46.9 Å². The Hall–Kier alpha value is -3.09. The van der Waals surface area contributed by atoms with E-state index in [-0.39, 0.29) is 24.3 Å². The van der Waals surface area contributed by atoms with Gasteiger partial charge in [0.15, 0.2) is 0 Å². The zero-order chi connectivity index (χ0) is 22.0. The van der Waals surface area contributed by atoms with Gasteiger partial charge in [-0.25, -0.2) is 4.68 Å². The van der Waals surface area contributed by atoms with Gasteiger partial charge in [-0.15, -0.1) is 0 Å². The fourth-order valence-corrected chi connectivity index (χ4v) is 4.06. The predicted molar refractivity (Wildman–Crippen MR) is 122 cm³/mol. The van der Waals surface area contributed by atoms with Gasteiger partial charge in [-0.3, -0.25) is 9.59 Å². The number of nitrogens with zero attached hydrogens (tertiary/aromatic N) is 3. The van der Waals surface area contributed by atoms with E-state index >= 15 is 0 Å². The molecule has 4 rings (SSSR count). The van der Waals surface area contributed by atoms with Crippen LogP contribution in [-0.2, 0) is 16.1 Å². The van der Waals surface area contributed by atoms with Crippen molar-refractivity contribution in [3.05, 3.63) is 87.7 Å². The van der Waals surface area contributed by atoms with E-state index in [9.17, 15) is 9.59 Å². The highest BCUT2D eigenvalue weighted by atomic mass is 35.5. The Kier molecular flexibility index (Phi) is 6.11. The SMILES string of the molecule is CC(=O)N1C=Cc2ccccc2[C@H]1CC(=O)Nc1ccnn1Cc1cccc(Cl)c1Cl. The van der Waals surface area contributed by atoms with E-state index in [1.54, 1.807) is 34.1 Å². The molecule has 0 bridgehead atoms. The number of fused-ring (bicyclic) bond motifs is 1. The number of anilines is 1. The third kappa shape index (κ3) is 4.50. The van der Waals surface area contributed by atoms with Crippen molar-refractivity contribution in [1.82, 2.24) is 14.7 Å². The third-order valence-electron chi connectivity index (χ3n) is 5.18. The van der Waals surface area contributed by atoms with Crippen molar-refractivity contribution in [3.8, 4) is 0 Å². The van der Waals surface area contributed by atoms with Crippen LogP contribution in [0.5, 0.6) is 0 Å². The van der Waals surface area contributed by atoms with Crippen molar-refractivity contribution < 1.29 is 9.59 Å². The van der Waals surface area contributed by atoms with Gasteiger partial charge >= 0.3 is 0 Å². The van der Waals surface area contributed by atoms with Crippen LogP contribution in [0, 0.1) is 0 Å². The first kappa shape index (κ1) is 21.2. The Balaban J connectivity index is 1.52. The van der Waals surface area contributed by atoms with Gasteiger partial charge in [0.05, 0.1) is 35.2 Å². The van der Waals surface area contributed by atoms with Crippen molar-refractivity contribution in [2.45, 2.75) is 25.9 Å². The molecule has 1 aromatic heterocycles. The van der Waals surface area contributed by atoms with E-state index in [2.05, 4.69) is 10.4 Å². The van der Waals surface area contributed by atoms with Crippen LogP contribution in [0.4, 0.5) is 5.82 Å². The van der Waals surface area contributed by atoms with E-state index in [1.807, 2.05) is 42.5 Å². The molecule has 1 N–H and O–H groups in total. The largest absolute Gasteiger partial charge is 0.311 e. The monoisotopic (exact) mass is 454 g/mol. The normalized spacial score (nSPS) is 14.9. The highest BCUT2D eigenvalue weighted by Crippen LogP contribution is 2.33. The molecule has 0 saturated heterocycles. The molecule has 1 atom stereocenters. The second-order valence-electron chi connectivity index (χ2n) is 7.23. The number of rotatable bonds is 5. The van der Waals surface area contributed by atoms with Crippen LogP contribution in [-0.4, -0.2) is 26.5 Å². The highest BCUT2D eigenvalue weighted by molar-refractivity contribution is 6.42. The van der Waals surface area contributed by atoms with Crippen LogP contribution >= 0.6 is 23.2 Å².